The van der Waals surface area contributed by atoms with Crippen molar-refractivity contribution in [2.24, 2.45) is 0 Å². The van der Waals surface area contributed by atoms with Gasteiger partial charge in [0.25, 0.3) is 0 Å². The molecule has 4 heteroatoms. The molecule has 0 aliphatic heterocycles. The van der Waals surface area contributed by atoms with E-state index in [1.807, 2.05) is 17.8 Å². The minimum atomic E-state index is -0.368. The summed E-state index contributed by atoms with van der Waals surface area (Å²) in [5.74, 6) is 0.826. The van der Waals surface area contributed by atoms with E-state index in [4.69, 9.17) is 5.26 Å². The molecule has 0 bridgehead atoms. The Morgan fingerprint density at radius 2 is 2.18 bits per heavy atom. The van der Waals surface area contributed by atoms with Gasteiger partial charge in [-0.1, -0.05) is 6.42 Å². The van der Waals surface area contributed by atoms with Crippen molar-refractivity contribution >= 4 is 17.4 Å². The first-order valence-electron chi connectivity index (χ1n) is 5.70. The van der Waals surface area contributed by atoms with Gasteiger partial charge in [0.05, 0.1) is 11.3 Å². The zero-order valence-corrected chi connectivity index (χ0v) is 10.8. The maximum Gasteiger partial charge on any atom is 0.124 e. The fraction of sp³-hybridized carbons (Fsp3) is 0.462. The summed E-state index contributed by atoms with van der Waals surface area (Å²) in [7, 11) is 0. The van der Waals surface area contributed by atoms with Crippen LogP contribution in [0.1, 0.15) is 24.8 Å². The van der Waals surface area contributed by atoms with Crippen LogP contribution in [0.5, 0.6) is 0 Å². The smallest absolute Gasteiger partial charge is 0.124 e. The van der Waals surface area contributed by atoms with E-state index in [-0.39, 0.29) is 5.82 Å². The van der Waals surface area contributed by atoms with Crippen LogP contribution in [0, 0.1) is 17.1 Å². The Hall–Kier alpha value is -1.21. The predicted octanol–water partition coefficient (Wildman–Crippen LogP) is 3.64. The van der Waals surface area contributed by atoms with E-state index >= 15 is 0 Å². The van der Waals surface area contributed by atoms with Crippen molar-refractivity contribution in [2.45, 2.75) is 19.3 Å². The largest absolute Gasteiger partial charge is 0.384 e. The molecule has 1 aromatic rings. The van der Waals surface area contributed by atoms with Crippen molar-refractivity contribution < 1.29 is 4.39 Å². The molecule has 0 atom stereocenters. The predicted molar refractivity (Wildman–Crippen MR) is 71.8 cm³/mol. The van der Waals surface area contributed by atoms with Gasteiger partial charge in [-0.2, -0.15) is 17.0 Å². The maximum atomic E-state index is 12.9. The molecule has 2 nitrogen and oxygen atoms in total. The number of benzene rings is 1. The SMILES string of the molecule is CSCCCCCNc1ccc(F)cc1C#N. The average molecular weight is 252 g/mol. The summed E-state index contributed by atoms with van der Waals surface area (Å²) in [5, 5.41) is 12.0. The van der Waals surface area contributed by atoms with E-state index in [1.54, 1.807) is 6.07 Å². The van der Waals surface area contributed by atoms with E-state index < -0.39 is 0 Å². The van der Waals surface area contributed by atoms with Crippen LogP contribution in [0.15, 0.2) is 18.2 Å². The molecule has 0 radical (unpaired) electrons. The molecule has 0 aromatic heterocycles. The number of unbranched alkanes of at least 4 members (excludes halogenated alkanes) is 2. The van der Waals surface area contributed by atoms with Crippen LogP contribution in [-0.4, -0.2) is 18.6 Å². The van der Waals surface area contributed by atoms with Gasteiger partial charge in [0.1, 0.15) is 11.9 Å². The molecule has 1 N–H and O–H groups in total. The van der Waals surface area contributed by atoms with Crippen molar-refractivity contribution in [3.8, 4) is 6.07 Å². The molecule has 0 unspecified atom stereocenters. The van der Waals surface area contributed by atoms with E-state index in [9.17, 15) is 4.39 Å². The van der Waals surface area contributed by atoms with Crippen LogP contribution in [0.25, 0.3) is 0 Å². The average Bonchev–Trinajstić information content (AvgIpc) is 2.35. The number of nitriles is 1. The Balaban J connectivity index is 2.34. The number of rotatable bonds is 7. The third-order valence-corrected chi connectivity index (χ3v) is 3.14. The summed E-state index contributed by atoms with van der Waals surface area (Å²) in [4.78, 5) is 0. The minimum Gasteiger partial charge on any atom is -0.384 e. The zero-order valence-electron chi connectivity index (χ0n) is 10.0. The van der Waals surface area contributed by atoms with E-state index in [1.165, 1.54) is 30.7 Å². The van der Waals surface area contributed by atoms with E-state index in [2.05, 4.69) is 11.6 Å². The molecule has 0 fully saturated rings. The molecule has 0 saturated carbocycles. The highest BCUT2D eigenvalue weighted by Gasteiger charge is 2.02. The van der Waals surface area contributed by atoms with Gasteiger partial charge in [-0.25, -0.2) is 4.39 Å². The molecular weight excluding hydrogens is 235 g/mol. The van der Waals surface area contributed by atoms with E-state index in [0.717, 1.165) is 18.7 Å². The van der Waals surface area contributed by atoms with Crippen LogP contribution in [0.2, 0.25) is 0 Å². The number of hydrogen-bond acceptors (Lipinski definition) is 3. The molecular formula is C13H17FN2S. The Morgan fingerprint density at radius 1 is 1.35 bits per heavy atom. The monoisotopic (exact) mass is 252 g/mol. The molecule has 0 aliphatic rings. The number of nitrogens with one attached hydrogen (secondary N) is 1. The highest BCUT2D eigenvalue weighted by molar-refractivity contribution is 7.98. The van der Waals surface area contributed by atoms with Gasteiger partial charge in [0.15, 0.2) is 0 Å². The van der Waals surface area contributed by atoms with Gasteiger partial charge >= 0.3 is 0 Å². The molecule has 17 heavy (non-hydrogen) atoms. The van der Waals surface area contributed by atoms with Gasteiger partial charge in [0, 0.05) is 6.54 Å². The molecule has 1 aromatic carbocycles. The van der Waals surface area contributed by atoms with Gasteiger partial charge < -0.3 is 5.32 Å². The van der Waals surface area contributed by atoms with Crippen LogP contribution in [0.3, 0.4) is 0 Å². The van der Waals surface area contributed by atoms with Gasteiger partial charge in [0.2, 0.25) is 0 Å². The van der Waals surface area contributed by atoms with Crippen LogP contribution < -0.4 is 5.32 Å². The Kier molecular flexibility index (Phi) is 6.49. The summed E-state index contributed by atoms with van der Waals surface area (Å²) < 4.78 is 12.9. The normalized spacial score (nSPS) is 9.94. The minimum absolute atomic E-state index is 0.368. The lowest BCUT2D eigenvalue weighted by atomic mass is 10.2. The molecule has 0 spiro atoms. The van der Waals surface area contributed by atoms with Gasteiger partial charge in [-0.3, -0.25) is 0 Å². The Labute approximate surface area is 106 Å². The second kappa shape index (κ2) is 7.97. The standard InChI is InChI=1S/C13H17FN2S/c1-17-8-4-2-3-7-16-13-6-5-12(14)9-11(13)10-15/h5-6,9,16H,2-4,7-8H2,1H3. The van der Waals surface area contributed by atoms with Gasteiger partial charge in [-0.15, -0.1) is 0 Å². The summed E-state index contributed by atoms with van der Waals surface area (Å²) in [6.07, 6.45) is 5.58. The Bertz CT molecular complexity index is 387. The third-order valence-electron chi connectivity index (χ3n) is 2.44. The summed E-state index contributed by atoms with van der Waals surface area (Å²) in [5.41, 5.74) is 1.09. The highest BCUT2D eigenvalue weighted by Crippen LogP contribution is 2.16. The number of hydrogen-bond donors (Lipinski definition) is 1. The second-order valence-electron chi connectivity index (χ2n) is 3.78. The maximum absolute atomic E-state index is 12.9. The van der Waals surface area contributed by atoms with Gasteiger partial charge in [-0.05, 0) is 43.0 Å². The lowest BCUT2D eigenvalue weighted by Gasteiger charge is -2.07. The molecule has 0 saturated heterocycles. The zero-order chi connectivity index (χ0) is 12.5. The second-order valence-corrected chi connectivity index (χ2v) is 4.77. The molecule has 1 rings (SSSR count). The van der Waals surface area contributed by atoms with Crippen LogP contribution in [0.4, 0.5) is 10.1 Å². The molecule has 0 amide bonds. The van der Waals surface area contributed by atoms with Crippen LogP contribution >= 0.6 is 11.8 Å². The third kappa shape index (κ3) is 5.10. The molecule has 0 aliphatic carbocycles. The summed E-state index contributed by atoms with van der Waals surface area (Å²) >= 11 is 1.86. The lowest BCUT2D eigenvalue weighted by Crippen LogP contribution is -2.03. The quantitative estimate of drug-likeness (QED) is 0.752. The van der Waals surface area contributed by atoms with Crippen molar-refractivity contribution in [3.63, 3.8) is 0 Å². The number of anilines is 1. The molecule has 92 valence electrons. The number of halogens is 1. The summed E-state index contributed by atoms with van der Waals surface area (Å²) in [6.45, 7) is 0.828. The van der Waals surface area contributed by atoms with Crippen molar-refractivity contribution in [1.29, 1.82) is 5.26 Å². The van der Waals surface area contributed by atoms with Crippen molar-refractivity contribution in [2.75, 3.05) is 23.9 Å². The van der Waals surface area contributed by atoms with Crippen molar-refractivity contribution in [3.05, 3.63) is 29.6 Å². The first kappa shape index (κ1) is 13.9. The van der Waals surface area contributed by atoms with E-state index in [0.29, 0.717) is 5.56 Å². The number of nitrogens with zero attached hydrogens (tertiary/aromatic N) is 1. The first-order valence-corrected chi connectivity index (χ1v) is 7.09. The number of thioether (sulfide) groups is 1. The Morgan fingerprint density at radius 3 is 2.88 bits per heavy atom. The van der Waals surface area contributed by atoms with Crippen LogP contribution in [-0.2, 0) is 0 Å². The van der Waals surface area contributed by atoms with Crippen molar-refractivity contribution in [1.82, 2.24) is 0 Å². The summed E-state index contributed by atoms with van der Waals surface area (Å²) in [6, 6.07) is 6.24. The first-order chi connectivity index (χ1) is 8.27. The fourth-order valence-corrected chi connectivity index (χ4v) is 2.03. The highest BCUT2D eigenvalue weighted by atomic mass is 32.2. The fourth-order valence-electron chi connectivity index (χ4n) is 1.53. The molecule has 0 heterocycles. The topological polar surface area (TPSA) is 35.8 Å². The lowest BCUT2D eigenvalue weighted by molar-refractivity contribution is 0.627.